The van der Waals surface area contributed by atoms with Gasteiger partial charge in [-0.2, -0.15) is 4.98 Å². The monoisotopic (exact) mass is 313 g/mol. The van der Waals surface area contributed by atoms with Gasteiger partial charge in [-0.25, -0.2) is 13.9 Å². The number of rotatable bonds is 3. The zero-order valence-electron chi connectivity index (χ0n) is 13.0. The number of nitrogens with zero attached hydrogens (tertiary/aromatic N) is 4. The molecule has 1 N–H and O–H groups in total. The maximum Gasteiger partial charge on any atom is 0.291 e. The van der Waals surface area contributed by atoms with Crippen molar-refractivity contribution in [2.45, 2.75) is 26.8 Å². The van der Waals surface area contributed by atoms with E-state index >= 15 is 0 Å². The number of benzene rings is 1. The first-order chi connectivity index (χ1) is 10.9. The summed E-state index contributed by atoms with van der Waals surface area (Å²) in [6.07, 6.45) is 0. The Morgan fingerprint density at radius 3 is 2.61 bits per heavy atom. The quantitative estimate of drug-likeness (QED) is 0.806. The third-order valence-corrected chi connectivity index (χ3v) is 3.54. The second-order valence-electron chi connectivity index (χ2n) is 5.43. The second kappa shape index (κ2) is 5.75. The van der Waals surface area contributed by atoms with Crippen LogP contribution in [0.15, 0.2) is 30.3 Å². The van der Waals surface area contributed by atoms with Crippen LogP contribution in [0.1, 0.15) is 40.5 Å². The van der Waals surface area contributed by atoms with E-state index < -0.39 is 5.91 Å². The van der Waals surface area contributed by atoms with Crippen LogP contribution in [0.4, 0.5) is 4.39 Å². The number of amides is 1. The van der Waals surface area contributed by atoms with Crippen molar-refractivity contribution in [2.24, 2.45) is 0 Å². The number of hydrogen-bond donors (Lipinski definition) is 1. The van der Waals surface area contributed by atoms with E-state index in [1.165, 1.54) is 16.6 Å². The van der Waals surface area contributed by atoms with E-state index in [2.05, 4.69) is 20.4 Å². The summed E-state index contributed by atoms with van der Waals surface area (Å²) in [6.45, 7) is 5.55. The average Bonchev–Trinajstić information content (AvgIpc) is 2.92. The molecule has 2 heterocycles. The van der Waals surface area contributed by atoms with Gasteiger partial charge in [0.15, 0.2) is 0 Å². The molecule has 1 amide bonds. The molecular formula is C16H16FN5O. The minimum atomic E-state index is -0.399. The lowest BCUT2D eigenvalue weighted by atomic mass is 10.1. The number of fused-ring (bicyclic) bond motifs is 1. The molecule has 3 aromatic rings. The highest BCUT2D eigenvalue weighted by atomic mass is 19.1. The molecule has 118 valence electrons. The van der Waals surface area contributed by atoms with Crippen molar-refractivity contribution in [2.75, 3.05) is 0 Å². The van der Waals surface area contributed by atoms with Crippen LogP contribution < -0.4 is 5.32 Å². The Bertz CT molecular complexity index is 872. The van der Waals surface area contributed by atoms with Crippen molar-refractivity contribution in [1.82, 2.24) is 24.9 Å². The Hall–Kier alpha value is -2.83. The third-order valence-electron chi connectivity index (χ3n) is 3.54. The first-order valence-electron chi connectivity index (χ1n) is 7.21. The average molecular weight is 313 g/mol. The van der Waals surface area contributed by atoms with Crippen LogP contribution in [0.25, 0.3) is 5.78 Å². The summed E-state index contributed by atoms with van der Waals surface area (Å²) in [5.41, 5.74) is 2.47. The topological polar surface area (TPSA) is 72.2 Å². The molecule has 1 unspecified atom stereocenters. The SMILES string of the molecule is Cc1cc(C)n2nc(C(=O)NC(C)c3ccc(F)cc3)nc2n1. The molecule has 0 bridgehead atoms. The van der Waals surface area contributed by atoms with Crippen LogP contribution in [0.2, 0.25) is 0 Å². The van der Waals surface area contributed by atoms with Crippen molar-refractivity contribution in [3.8, 4) is 0 Å². The minimum Gasteiger partial charge on any atom is -0.343 e. The smallest absolute Gasteiger partial charge is 0.291 e. The molecular weight excluding hydrogens is 297 g/mol. The highest BCUT2D eigenvalue weighted by Gasteiger charge is 2.17. The lowest BCUT2D eigenvalue weighted by Gasteiger charge is -2.12. The number of nitrogens with one attached hydrogen (secondary N) is 1. The van der Waals surface area contributed by atoms with E-state index in [-0.39, 0.29) is 17.7 Å². The van der Waals surface area contributed by atoms with E-state index in [0.717, 1.165) is 17.0 Å². The molecule has 3 rings (SSSR count). The van der Waals surface area contributed by atoms with Crippen LogP contribution in [0, 0.1) is 19.7 Å². The van der Waals surface area contributed by atoms with Crippen LogP contribution >= 0.6 is 0 Å². The first-order valence-corrected chi connectivity index (χ1v) is 7.21. The fourth-order valence-corrected chi connectivity index (χ4v) is 2.36. The third kappa shape index (κ3) is 3.03. The molecule has 1 aromatic carbocycles. The van der Waals surface area contributed by atoms with Crippen molar-refractivity contribution >= 4 is 11.7 Å². The summed E-state index contributed by atoms with van der Waals surface area (Å²) in [5.74, 6) is -0.266. The lowest BCUT2D eigenvalue weighted by Crippen LogP contribution is -2.27. The van der Waals surface area contributed by atoms with Gasteiger partial charge in [-0.3, -0.25) is 4.79 Å². The van der Waals surface area contributed by atoms with Gasteiger partial charge < -0.3 is 5.32 Å². The number of halogens is 1. The summed E-state index contributed by atoms with van der Waals surface area (Å²) < 4.78 is 14.5. The first kappa shape index (κ1) is 15.1. The second-order valence-corrected chi connectivity index (χ2v) is 5.43. The maximum atomic E-state index is 12.9. The number of carbonyl (C=O) groups excluding carboxylic acids is 1. The highest BCUT2D eigenvalue weighted by Crippen LogP contribution is 2.13. The zero-order chi connectivity index (χ0) is 16.6. The standard InChI is InChI=1S/C16H16FN5O/c1-9-8-10(2)22-16(18-9)20-14(21-22)15(23)19-11(3)12-4-6-13(17)7-5-12/h4-8,11H,1-3H3,(H,19,23). The minimum absolute atomic E-state index is 0.0557. The van der Waals surface area contributed by atoms with Crippen LogP contribution in [-0.2, 0) is 0 Å². The molecule has 0 saturated heterocycles. The van der Waals surface area contributed by atoms with Gasteiger partial charge >= 0.3 is 0 Å². The van der Waals surface area contributed by atoms with Gasteiger partial charge in [0.05, 0.1) is 6.04 Å². The summed E-state index contributed by atoms with van der Waals surface area (Å²) in [5, 5.41) is 6.98. The number of aryl methyl sites for hydroxylation is 2. The Morgan fingerprint density at radius 2 is 1.91 bits per heavy atom. The van der Waals surface area contributed by atoms with Gasteiger partial charge in [0.1, 0.15) is 5.82 Å². The van der Waals surface area contributed by atoms with Gasteiger partial charge in [0, 0.05) is 11.4 Å². The molecule has 2 aromatic heterocycles. The summed E-state index contributed by atoms with van der Waals surface area (Å²) >= 11 is 0. The van der Waals surface area contributed by atoms with E-state index in [9.17, 15) is 9.18 Å². The van der Waals surface area contributed by atoms with Gasteiger partial charge in [-0.05, 0) is 44.5 Å². The Labute approximate surface area is 132 Å². The summed E-state index contributed by atoms with van der Waals surface area (Å²) in [6, 6.07) is 7.56. The predicted molar refractivity (Wildman–Crippen MR) is 82.5 cm³/mol. The van der Waals surface area contributed by atoms with Gasteiger partial charge in [0.2, 0.25) is 5.82 Å². The van der Waals surface area contributed by atoms with Gasteiger partial charge in [0.25, 0.3) is 11.7 Å². The lowest BCUT2D eigenvalue weighted by molar-refractivity contribution is 0.0929. The molecule has 7 heteroatoms. The fourth-order valence-electron chi connectivity index (χ4n) is 2.36. The molecule has 0 spiro atoms. The van der Waals surface area contributed by atoms with Crippen molar-refractivity contribution < 1.29 is 9.18 Å². The summed E-state index contributed by atoms with van der Waals surface area (Å²) in [7, 11) is 0. The number of hydrogen-bond acceptors (Lipinski definition) is 4. The van der Waals surface area contributed by atoms with Gasteiger partial charge in [-0.1, -0.05) is 12.1 Å². The normalized spacial score (nSPS) is 12.3. The molecule has 6 nitrogen and oxygen atoms in total. The van der Waals surface area contributed by atoms with E-state index in [4.69, 9.17) is 0 Å². The molecule has 0 aliphatic carbocycles. The Morgan fingerprint density at radius 1 is 1.22 bits per heavy atom. The van der Waals surface area contributed by atoms with E-state index in [0.29, 0.717) is 5.78 Å². The highest BCUT2D eigenvalue weighted by molar-refractivity contribution is 5.91. The molecule has 23 heavy (non-hydrogen) atoms. The fraction of sp³-hybridized carbons (Fsp3) is 0.250. The Kier molecular flexibility index (Phi) is 3.77. The molecule has 1 atom stereocenters. The Balaban J connectivity index is 1.83. The zero-order valence-corrected chi connectivity index (χ0v) is 13.0. The van der Waals surface area contributed by atoms with E-state index in [1.54, 1.807) is 12.1 Å². The number of carbonyl (C=O) groups is 1. The van der Waals surface area contributed by atoms with Crippen LogP contribution in [0.5, 0.6) is 0 Å². The van der Waals surface area contributed by atoms with Crippen LogP contribution in [0.3, 0.4) is 0 Å². The molecule has 0 saturated carbocycles. The van der Waals surface area contributed by atoms with Crippen LogP contribution in [-0.4, -0.2) is 25.5 Å². The molecule has 0 fully saturated rings. The maximum absolute atomic E-state index is 12.9. The number of aromatic nitrogens is 4. The van der Waals surface area contributed by atoms with Crippen molar-refractivity contribution in [3.05, 3.63) is 58.9 Å². The van der Waals surface area contributed by atoms with Gasteiger partial charge in [-0.15, -0.1) is 5.10 Å². The molecule has 0 aliphatic heterocycles. The molecule has 0 radical (unpaired) electrons. The van der Waals surface area contributed by atoms with Crippen molar-refractivity contribution in [1.29, 1.82) is 0 Å². The predicted octanol–water partition coefficient (Wildman–Crippen LogP) is 2.37. The van der Waals surface area contributed by atoms with Crippen molar-refractivity contribution in [3.63, 3.8) is 0 Å². The summed E-state index contributed by atoms with van der Waals surface area (Å²) in [4.78, 5) is 20.7. The molecule has 0 aliphatic rings. The van der Waals surface area contributed by atoms with E-state index in [1.807, 2.05) is 26.8 Å². The largest absolute Gasteiger partial charge is 0.343 e.